The van der Waals surface area contributed by atoms with Crippen molar-refractivity contribution in [1.82, 2.24) is 10.2 Å². The van der Waals surface area contributed by atoms with Crippen LogP contribution in [0, 0.1) is 0 Å². The number of carbonyl (C=O) groups is 1. The number of nitrogens with two attached hydrogens (primary N) is 1. The molecule has 3 N–H and O–H groups in total. The lowest BCUT2D eigenvalue weighted by Gasteiger charge is -2.18. The van der Waals surface area contributed by atoms with Crippen molar-refractivity contribution in [2.24, 2.45) is 5.73 Å². The molecule has 20 heavy (non-hydrogen) atoms. The third kappa shape index (κ3) is 3.33. The lowest BCUT2D eigenvalue weighted by Crippen LogP contribution is -2.32. The van der Waals surface area contributed by atoms with Crippen LogP contribution in [0.4, 0.5) is 4.79 Å². The van der Waals surface area contributed by atoms with Gasteiger partial charge in [-0.25, -0.2) is 4.79 Å². The van der Waals surface area contributed by atoms with E-state index in [9.17, 15) is 4.79 Å². The van der Waals surface area contributed by atoms with Crippen LogP contribution in [0.1, 0.15) is 12.5 Å². The average molecular weight is 279 g/mol. The van der Waals surface area contributed by atoms with E-state index in [0.29, 0.717) is 44.3 Å². The Morgan fingerprint density at radius 1 is 1.40 bits per heavy atom. The van der Waals surface area contributed by atoms with Gasteiger partial charge in [0.25, 0.3) is 0 Å². The molecule has 6 heteroatoms. The molecule has 0 unspecified atom stereocenters. The fourth-order valence-corrected chi connectivity index (χ4v) is 2.14. The molecule has 1 fully saturated rings. The van der Waals surface area contributed by atoms with E-state index in [0.717, 1.165) is 12.1 Å². The minimum atomic E-state index is -0.0364. The molecule has 0 saturated carbocycles. The van der Waals surface area contributed by atoms with E-state index in [1.807, 2.05) is 25.1 Å². The zero-order valence-electron chi connectivity index (χ0n) is 11.7. The number of rotatable bonds is 7. The molecule has 1 aliphatic rings. The Kier molecular flexibility index (Phi) is 5.06. The Hall–Kier alpha value is -1.95. The van der Waals surface area contributed by atoms with Crippen LogP contribution in [0.25, 0.3) is 0 Å². The van der Waals surface area contributed by atoms with Gasteiger partial charge >= 0.3 is 6.03 Å². The van der Waals surface area contributed by atoms with E-state index < -0.39 is 0 Å². The highest BCUT2D eigenvalue weighted by Gasteiger charge is 2.19. The first kappa shape index (κ1) is 14.5. The van der Waals surface area contributed by atoms with Gasteiger partial charge in [0, 0.05) is 25.2 Å². The molecule has 1 aliphatic heterocycles. The molecule has 0 radical (unpaired) electrons. The average Bonchev–Trinajstić information content (AvgIpc) is 2.86. The number of nitrogens with one attached hydrogen (secondary N) is 1. The SMILES string of the molecule is CCOc1cccc(CN)c1OCCN1CCNC1=O. The normalized spacial score (nSPS) is 14.3. The van der Waals surface area contributed by atoms with Crippen LogP contribution in [-0.2, 0) is 6.54 Å². The molecule has 2 amide bonds. The van der Waals surface area contributed by atoms with Crippen LogP contribution in [0.3, 0.4) is 0 Å². The standard InChI is InChI=1S/C14H21N3O3/c1-2-19-12-5-3-4-11(10-15)13(12)20-9-8-17-7-6-16-14(17)18/h3-5H,2,6-10,15H2,1H3,(H,16,18). The molecule has 0 spiro atoms. The summed E-state index contributed by atoms with van der Waals surface area (Å²) in [4.78, 5) is 13.2. The lowest BCUT2D eigenvalue weighted by atomic mass is 10.2. The number of ether oxygens (including phenoxy) is 2. The molecule has 2 rings (SSSR count). The Bertz CT molecular complexity index is 465. The van der Waals surface area contributed by atoms with Gasteiger partial charge in [-0.2, -0.15) is 0 Å². The second-order valence-electron chi connectivity index (χ2n) is 4.45. The number of urea groups is 1. The summed E-state index contributed by atoms with van der Waals surface area (Å²) in [5.41, 5.74) is 6.63. The third-order valence-corrected chi connectivity index (χ3v) is 3.13. The van der Waals surface area contributed by atoms with Crippen molar-refractivity contribution in [3.05, 3.63) is 23.8 Å². The molecule has 1 saturated heterocycles. The van der Waals surface area contributed by atoms with E-state index in [-0.39, 0.29) is 6.03 Å². The maximum atomic E-state index is 11.4. The molecular formula is C14H21N3O3. The zero-order valence-corrected chi connectivity index (χ0v) is 11.7. The Labute approximate surface area is 118 Å². The smallest absolute Gasteiger partial charge is 0.317 e. The molecule has 0 atom stereocenters. The van der Waals surface area contributed by atoms with Gasteiger partial charge in [0.05, 0.1) is 13.2 Å². The predicted molar refractivity (Wildman–Crippen MR) is 76.0 cm³/mol. The summed E-state index contributed by atoms with van der Waals surface area (Å²) in [5, 5.41) is 2.76. The maximum absolute atomic E-state index is 11.4. The van der Waals surface area contributed by atoms with E-state index in [4.69, 9.17) is 15.2 Å². The van der Waals surface area contributed by atoms with Gasteiger partial charge in [0.1, 0.15) is 6.61 Å². The van der Waals surface area contributed by atoms with E-state index in [2.05, 4.69) is 5.32 Å². The number of nitrogens with zero attached hydrogens (tertiary/aromatic N) is 1. The van der Waals surface area contributed by atoms with Crippen molar-refractivity contribution in [3.8, 4) is 11.5 Å². The fourth-order valence-electron chi connectivity index (χ4n) is 2.14. The largest absolute Gasteiger partial charge is 0.490 e. The number of carbonyl (C=O) groups excluding carboxylic acids is 1. The highest BCUT2D eigenvalue weighted by atomic mass is 16.5. The second-order valence-corrected chi connectivity index (χ2v) is 4.45. The summed E-state index contributed by atoms with van der Waals surface area (Å²) >= 11 is 0. The van der Waals surface area contributed by atoms with E-state index >= 15 is 0 Å². The van der Waals surface area contributed by atoms with E-state index in [1.54, 1.807) is 4.90 Å². The summed E-state index contributed by atoms with van der Waals surface area (Å²) in [6, 6.07) is 5.64. The first-order valence-electron chi connectivity index (χ1n) is 6.86. The first-order chi connectivity index (χ1) is 9.76. The van der Waals surface area contributed by atoms with Crippen LogP contribution in [0.5, 0.6) is 11.5 Å². The number of para-hydroxylation sites is 1. The fraction of sp³-hybridized carbons (Fsp3) is 0.500. The highest BCUT2D eigenvalue weighted by Crippen LogP contribution is 2.31. The van der Waals surface area contributed by atoms with Crippen molar-refractivity contribution in [2.45, 2.75) is 13.5 Å². The number of hydrogen-bond donors (Lipinski definition) is 2. The van der Waals surface area contributed by atoms with E-state index in [1.165, 1.54) is 0 Å². The molecule has 0 aliphatic carbocycles. The summed E-state index contributed by atoms with van der Waals surface area (Å²) in [5.74, 6) is 1.37. The summed E-state index contributed by atoms with van der Waals surface area (Å²) < 4.78 is 11.3. The first-order valence-corrected chi connectivity index (χ1v) is 6.86. The van der Waals surface area contributed by atoms with Crippen molar-refractivity contribution >= 4 is 6.03 Å². The Morgan fingerprint density at radius 3 is 2.90 bits per heavy atom. The Balaban J connectivity index is 1.98. The Morgan fingerprint density at radius 2 is 2.25 bits per heavy atom. The van der Waals surface area contributed by atoms with Crippen molar-refractivity contribution in [1.29, 1.82) is 0 Å². The molecule has 110 valence electrons. The summed E-state index contributed by atoms with van der Waals surface area (Å²) in [6.45, 7) is 5.27. The molecule has 0 aromatic heterocycles. The number of amides is 2. The van der Waals surface area contributed by atoms with Gasteiger partial charge < -0.3 is 25.4 Å². The zero-order chi connectivity index (χ0) is 14.4. The molecule has 1 aromatic carbocycles. The van der Waals surface area contributed by atoms with Gasteiger partial charge in [-0.05, 0) is 13.0 Å². The molecule has 6 nitrogen and oxygen atoms in total. The topological polar surface area (TPSA) is 76.8 Å². The molecule has 1 heterocycles. The minimum Gasteiger partial charge on any atom is -0.490 e. The third-order valence-electron chi connectivity index (χ3n) is 3.13. The van der Waals surface area contributed by atoms with Crippen LogP contribution < -0.4 is 20.5 Å². The molecule has 0 bridgehead atoms. The van der Waals surface area contributed by atoms with Gasteiger partial charge in [-0.1, -0.05) is 12.1 Å². The van der Waals surface area contributed by atoms with Crippen LogP contribution in [0.2, 0.25) is 0 Å². The predicted octanol–water partition coefficient (Wildman–Crippen LogP) is 0.948. The highest BCUT2D eigenvalue weighted by molar-refractivity contribution is 5.76. The van der Waals surface area contributed by atoms with Crippen LogP contribution >= 0.6 is 0 Å². The number of hydrogen-bond acceptors (Lipinski definition) is 4. The maximum Gasteiger partial charge on any atom is 0.317 e. The summed E-state index contributed by atoms with van der Waals surface area (Å²) in [7, 11) is 0. The molecular weight excluding hydrogens is 258 g/mol. The van der Waals surface area contributed by atoms with Gasteiger partial charge in [-0.15, -0.1) is 0 Å². The van der Waals surface area contributed by atoms with Gasteiger partial charge in [0.15, 0.2) is 11.5 Å². The quantitative estimate of drug-likeness (QED) is 0.779. The van der Waals surface area contributed by atoms with Gasteiger partial charge in [0.2, 0.25) is 0 Å². The van der Waals surface area contributed by atoms with Crippen LogP contribution in [0.15, 0.2) is 18.2 Å². The number of benzene rings is 1. The summed E-state index contributed by atoms with van der Waals surface area (Å²) in [6.07, 6.45) is 0. The minimum absolute atomic E-state index is 0.0364. The molecule has 1 aromatic rings. The van der Waals surface area contributed by atoms with Crippen molar-refractivity contribution in [2.75, 3.05) is 32.8 Å². The van der Waals surface area contributed by atoms with Crippen molar-refractivity contribution in [3.63, 3.8) is 0 Å². The monoisotopic (exact) mass is 279 g/mol. The lowest BCUT2D eigenvalue weighted by molar-refractivity contribution is 0.199. The van der Waals surface area contributed by atoms with Gasteiger partial charge in [-0.3, -0.25) is 0 Å². The van der Waals surface area contributed by atoms with Crippen molar-refractivity contribution < 1.29 is 14.3 Å². The van der Waals surface area contributed by atoms with Crippen LogP contribution in [-0.4, -0.2) is 43.8 Å². The second kappa shape index (κ2) is 7.00.